The lowest BCUT2D eigenvalue weighted by Crippen LogP contribution is -2.70. The monoisotopic (exact) mass is 1100 g/mol. The van der Waals surface area contributed by atoms with Gasteiger partial charge in [-0.1, -0.05) is 0 Å². The van der Waals surface area contributed by atoms with Gasteiger partial charge in [0.1, 0.15) is 134 Å². The van der Waals surface area contributed by atoms with Crippen LogP contribution in [0, 0.1) is 0 Å². The molecule has 75 heavy (non-hydrogen) atoms. The quantitative estimate of drug-likeness (QED) is 0.0479. The SMILES string of the molecule is CC(=O)N[C@H]1[C@H](O[C@@H]([C@@H](O)[C@H](O)CO[C@@H]2O[C@H](CO)[C@@H](O[C@@H]3O[C@H](CO)[C@H](O)[C@H](O)[C@H]3O)[C@H](O[C@@H]3O[C@@H](C)[C@@H](O)[C@@H](O)[C@@H]3O)[C@H]2NC(C)=O)[C@H](CO)NC(C)=O)O[C@H](CO)[C@@H](O[C@@H]2O[C@H](CO)[C@H](O)[C@H](O)[C@H]2O)[C@@H]1O. The number of rotatable bonds is 22. The molecule has 5 rings (SSSR count). The fraction of sp³-hybridized carbons (Fsp3) is 0.929. The summed E-state index contributed by atoms with van der Waals surface area (Å²) in [6.07, 6.45) is -48.6. The van der Waals surface area contributed by atoms with Gasteiger partial charge in [-0.25, -0.2) is 0 Å². The summed E-state index contributed by atoms with van der Waals surface area (Å²) in [4.78, 5) is 37.8. The van der Waals surface area contributed by atoms with E-state index in [1.165, 1.54) is 6.92 Å². The van der Waals surface area contributed by atoms with E-state index in [9.17, 15) is 101 Å². The van der Waals surface area contributed by atoms with E-state index in [-0.39, 0.29) is 0 Å². The molecule has 0 bridgehead atoms. The van der Waals surface area contributed by atoms with Gasteiger partial charge < -0.3 is 150 Å². The van der Waals surface area contributed by atoms with E-state index in [4.69, 9.17) is 47.4 Å². The second-order valence-electron chi connectivity index (χ2n) is 18.8. The van der Waals surface area contributed by atoms with Gasteiger partial charge in [-0.2, -0.15) is 0 Å². The van der Waals surface area contributed by atoms with E-state index in [0.29, 0.717) is 0 Å². The Morgan fingerprint density at radius 1 is 0.480 bits per heavy atom. The number of hydrogen-bond acceptors (Lipinski definition) is 30. The van der Waals surface area contributed by atoms with Crippen LogP contribution in [0.2, 0.25) is 0 Å². The summed E-state index contributed by atoms with van der Waals surface area (Å²) in [5.74, 6) is -2.53. The van der Waals surface area contributed by atoms with Gasteiger partial charge in [0, 0.05) is 20.8 Å². The molecule has 33 heteroatoms. The van der Waals surface area contributed by atoms with Crippen LogP contribution in [0.4, 0.5) is 0 Å². The molecule has 5 aliphatic rings. The van der Waals surface area contributed by atoms with Crippen LogP contribution in [-0.4, -0.2) is 322 Å². The molecule has 0 aromatic carbocycles. The Morgan fingerprint density at radius 3 is 1.39 bits per heavy atom. The topological polar surface area (TPSA) is 524 Å². The first kappa shape index (κ1) is 63.2. The lowest BCUT2D eigenvalue weighted by molar-refractivity contribution is -0.374. The highest BCUT2D eigenvalue weighted by molar-refractivity contribution is 5.74. The predicted octanol–water partition coefficient (Wildman–Crippen LogP) is -13.0. The zero-order valence-corrected chi connectivity index (χ0v) is 40.9. The highest BCUT2D eigenvalue weighted by atomic mass is 16.8. The second kappa shape index (κ2) is 28.0. The average molecular weight is 1100 g/mol. The van der Waals surface area contributed by atoms with Crippen molar-refractivity contribution in [2.75, 3.05) is 39.6 Å². The van der Waals surface area contributed by atoms with Gasteiger partial charge in [-0.3, -0.25) is 14.4 Å². The lowest BCUT2D eigenvalue weighted by atomic mass is 9.94. The molecular formula is C42H73N3O30. The Labute approximate surface area is 426 Å². The lowest BCUT2D eigenvalue weighted by Gasteiger charge is -2.50. The molecule has 29 atom stereocenters. The van der Waals surface area contributed by atoms with E-state index in [1.54, 1.807) is 0 Å². The van der Waals surface area contributed by atoms with E-state index >= 15 is 0 Å². The molecule has 0 aromatic rings. The molecule has 0 unspecified atom stereocenters. The van der Waals surface area contributed by atoms with Crippen LogP contribution < -0.4 is 16.0 Å². The van der Waals surface area contributed by atoms with E-state index in [0.717, 1.165) is 20.8 Å². The van der Waals surface area contributed by atoms with Crippen molar-refractivity contribution in [1.82, 2.24) is 16.0 Å². The van der Waals surface area contributed by atoms with Crippen molar-refractivity contribution in [3.05, 3.63) is 0 Å². The summed E-state index contributed by atoms with van der Waals surface area (Å²) in [5, 5.41) is 188. The summed E-state index contributed by atoms with van der Waals surface area (Å²) in [6.45, 7) is -1.65. The van der Waals surface area contributed by atoms with Crippen molar-refractivity contribution in [3.8, 4) is 0 Å². The first-order valence-electron chi connectivity index (χ1n) is 23.9. The Bertz CT molecular complexity index is 1800. The zero-order valence-electron chi connectivity index (χ0n) is 40.9. The Hall–Kier alpha value is -2.67. The molecule has 0 aromatic heterocycles. The van der Waals surface area contributed by atoms with Crippen molar-refractivity contribution in [2.45, 2.75) is 205 Å². The van der Waals surface area contributed by atoms with Crippen molar-refractivity contribution < 1.29 is 149 Å². The molecule has 0 aliphatic carbocycles. The zero-order chi connectivity index (χ0) is 55.9. The smallest absolute Gasteiger partial charge is 0.217 e. The summed E-state index contributed by atoms with van der Waals surface area (Å²) < 4.78 is 58.0. The van der Waals surface area contributed by atoms with Crippen LogP contribution in [0.3, 0.4) is 0 Å². The van der Waals surface area contributed by atoms with Crippen LogP contribution >= 0.6 is 0 Å². The standard InChI is InChI=1S/C42H73N3O30/c1-11-23(55)28(60)31(63)40(67-11)75-37-22(45-14(4)53)38(70-20(9-50)36(37)74-42-33(65)30(62)26(58)18(7-48)69-42)66-10-16(54)24(56)34(15(5-46)43-12(2)51)72-39-21(44-13(3)52)27(59)35(19(8-49)71-39)73-41-32(64)29(61)25(57)17(6-47)68-41/h11,15-42,46-50,54-65H,5-10H2,1-4H3,(H,43,51)(H,44,52)(H,45,53)/t11-,15-,16+,17+,18+,19+,20+,21+,22+,23+,24-,25-,26-,27+,28+,29-,30-,31-,32+,33+,34+,35+,36+,37+,38+,39-,40-,41-,42-/m0/s1. The van der Waals surface area contributed by atoms with Crippen LogP contribution in [0.1, 0.15) is 27.7 Å². The first-order chi connectivity index (χ1) is 35.3. The maximum absolute atomic E-state index is 12.9. The highest BCUT2D eigenvalue weighted by Crippen LogP contribution is 2.35. The third-order valence-electron chi connectivity index (χ3n) is 13.2. The molecular weight excluding hydrogens is 1030 g/mol. The summed E-state index contributed by atoms with van der Waals surface area (Å²) in [5.41, 5.74) is 0. The number of amides is 3. The molecule has 0 saturated carbocycles. The van der Waals surface area contributed by atoms with E-state index in [2.05, 4.69) is 16.0 Å². The molecule has 5 aliphatic heterocycles. The minimum Gasteiger partial charge on any atom is -0.394 e. The molecule has 5 saturated heterocycles. The van der Waals surface area contributed by atoms with Crippen LogP contribution in [-0.2, 0) is 61.8 Å². The number of hydrogen-bond donors (Lipinski definition) is 20. The third-order valence-corrected chi connectivity index (χ3v) is 13.2. The molecule has 5 heterocycles. The largest absolute Gasteiger partial charge is 0.394 e. The van der Waals surface area contributed by atoms with Crippen molar-refractivity contribution in [3.63, 3.8) is 0 Å². The van der Waals surface area contributed by atoms with Gasteiger partial charge in [0.05, 0.1) is 51.8 Å². The highest BCUT2D eigenvalue weighted by Gasteiger charge is 2.56. The number of carbonyl (C=O) groups is 3. The number of aliphatic hydroxyl groups excluding tert-OH is 17. The predicted molar refractivity (Wildman–Crippen MR) is 235 cm³/mol. The van der Waals surface area contributed by atoms with Gasteiger partial charge in [0.2, 0.25) is 17.7 Å². The molecule has 3 amide bonds. The van der Waals surface area contributed by atoms with Gasteiger partial charge in [-0.05, 0) is 6.92 Å². The van der Waals surface area contributed by atoms with Gasteiger partial charge >= 0.3 is 0 Å². The van der Waals surface area contributed by atoms with Crippen LogP contribution in [0.15, 0.2) is 0 Å². The minimum absolute atomic E-state index is 0.830. The maximum Gasteiger partial charge on any atom is 0.217 e. The fourth-order valence-electron chi connectivity index (χ4n) is 9.17. The molecule has 0 spiro atoms. The fourth-order valence-corrected chi connectivity index (χ4v) is 9.17. The normalized spacial score (nSPS) is 44.2. The summed E-state index contributed by atoms with van der Waals surface area (Å²) in [7, 11) is 0. The van der Waals surface area contributed by atoms with E-state index in [1.807, 2.05) is 0 Å². The summed E-state index contributed by atoms with van der Waals surface area (Å²) in [6, 6.07) is -5.20. The molecule has 20 N–H and O–H groups in total. The van der Waals surface area contributed by atoms with Crippen LogP contribution in [0.25, 0.3) is 0 Å². The van der Waals surface area contributed by atoms with Crippen molar-refractivity contribution in [1.29, 1.82) is 0 Å². The molecule has 5 fully saturated rings. The summed E-state index contributed by atoms with van der Waals surface area (Å²) >= 11 is 0. The van der Waals surface area contributed by atoms with E-state index < -0.39 is 235 Å². The van der Waals surface area contributed by atoms with Crippen molar-refractivity contribution >= 4 is 17.7 Å². The molecule has 436 valence electrons. The van der Waals surface area contributed by atoms with Gasteiger partial charge in [0.15, 0.2) is 31.5 Å². The number of aliphatic hydroxyl groups is 17. The Balaban J connectivity index is 1.44. The first-order valence-corrected chi connectivity index (χ1v) is 23.9. The van der Waals surface area contributed by atoms with Crippen molar-refractivity contribution in [2.24, 2.45) is 0 Å². The number of nitrogens with one attached hydrogen (secondary N) is 3. The third kappa shape index (κ3) is 14.8. The van der Waals surface area contributed by atoms with Gasteiger partial charge in [0.25, 0.3) is 0 Å². The minimum atomic E-state index is -2.32. The number of ether oxygens (including phenoxy) is 10. The Morgan fingerprint density at radius 2 is 0.907 bits per heavy atom. The Kier molecular flexibility index (Phi) is 23.5. The molecule has 33 nitrogen and oxygen atoms in total. The van der Waals surface area contributed by atoms with Gasteiger partial charge in [-0.15, -0.1) is 0 Å². The number of carbonyl (C=O) groups excluding carboxylic acids is 3. The molecule has 0 radical (unpaired) electrons. The second-order valence-corrected chi connectivity index (χ2v) is 18.8. The van der Waals surface area contributed by atoms with Crippen LogP contribution in [0.5, 0.6) is 0 Å². The average Bonchev–Trinajstić information content (AvgIpc) is 3.37. The maximum atomic E-state index is 12.9.